The second kappa shape index (κ2) is 5.46. The summed E-state index contributed by atoms with van der Waals surface area (Å²) >= 11 is 5.80. The number of aliphatic hydroxyl groups is 1. The fourth-order valence-corrected chi connectivity index (χ4v) is 1.41. The van der Waals surface area contributed by atoms with Gasteiger partial charge in [-0.15, -0.1) is 0 Å². The highest BCUT2D eigenvalue weighted by Crippen LogP contribution is 2.30. The van der Waals surface area contributed by atoms with E-state index in [0.717, 1.165) is 0 Å². The summed E-state index contributed by atoms with van der Waals surface area (Å²) < 4.78 is 5.08. The molecular weight excluding hydrogens is 218 g/mol. The monoisotopic (exact) mass is 227 g/mol. The van der Waals surface area contributed by atoms with E-state index in [0.29, 0.717) is 16.3 Å². The van der Waals surface area contributed by atoms with E-state index < -0.39 is 6.04 Å². The van der Waals surface area contributed by atoms with E-state index in [4.69, 9.17) is 27.0 Å². The van der Waals surface area contributed by atoms with Gasteiger partial charge in [-0.1, -0.05) is 16.7 Å². The SMILES string of the molecule is COc1ccc(Cl)cc1[C@H](CO)N=[N+]=[N-]. The predicted octanol–water partition coefficient (Wildman–Crippen LogP) is 2.69. The Balaban J connectivity index is 3.19. The van der Waals surface area contributed by atoms with Crippen LogP contribution in [0.3, 0.4) is 0 Å². The minimum absolute atomic E-state index is 0.291. The molecule has 1 rings (SSSR count). The van der Waals surface area contributed by atoms with Gasteiger partial charge in [-0.25, -0.2) is 0 Å². The van der Waals surface area contributed by atoms with Gasteiger partial charge in [0.25, 0.3) is 0 Å². The van der Waals surface area contributed by atoms with Crippen molar-refractivity contribution in [2.45, 2.75) is 6.04 Å². The van der Waals surface area contributed by atoms with Crippen LogP contribution in [0.5, 0.6) is 5.75 Å². The second-order valence-corrected chi connectivity index (χ2v) is 3.23. The third-order valence-corrected chi connectivity index (χ3v) is 2.15. The van der Waals surface area contributed by atoms with Crippen LogP contribution < -0.4 is 4.74 Å². The van der Waals surface area contributed by atoms with E-state index in [1.807, 2.05) is 0 Å². The Hall–Kier alpha value is -1.42. The molecule has 0 aliphatic rings. The Bertz CT molecular complexity index is 391. The number of halogens is 1. The molecule has 0 heterocycles. The molecule has 0 aliphatic heterocycles. The van der Waals surface area contributed by atoms with Crippen LogP contribution in [0.2, 0.25) is 5.02 Å². The van der Waals surface area contributed by atoms with Crippen LogP contribution in [-0.4, -0.2) is 18.8 Å². The molecule has 0 spiro atoms. The third-order valence-electron chi connectivity index (χ3n) is 1.91. The molecule has 80 valence electrons. The smallest absolute Gasteiger partial charge is 0.122 e. The molecule has 1 aromatic carbocycles. The first kappa shape index (κ1) is 11.7. The van der Waals surface area contributed by atoms with Gasteiger partial charge >= 0.3 is 0 Å². The Morgan fingerprint density at radius 3 is 2.93 bits per heavy atom. The molecule has 0 aliphatic carbocycles. The molecule has 0 fully saturated rings. The molecule has 1 atom stereocenters. The van der Waals surface area contributed by atoms with Crippen molar-refractivity contribution in [3.8, 4) is 5.75 Å². The summed E-state index contributed by atoms with van der Waals surface area (Å²) in [5.74, 6) is 0.533. The predicted molar refractivity (Wildman–Crippen MR) is 57.0 cm³/mol. The van der Waals surface area contributed by atoms with Gasteiger partial charge in [-0.2, -0.15) is 0 Å². The lowest BCUT2D eigenvalue weighted by Crippen LogP contribution is -2.02. The second-order valence-electron chi connectivity index (χ2n) is 2.79. The van der Waals surface area contributed by atoms with Gasteiger partial charge < -0.3 is 9.84 Å². The average molecular weight is 228 g/mol. The Labute approximate surface area is 91.9 Å². The van der Waals surface area contributed by atoms with Gasteiger partial charge in [0.1, 0.15) is 5.75 Å². The van der Waals surface area contributed by atoms with Crippen LogP contribution in [0, 0.1) is 0 Å². The van der Waals surface area contributed by atoms with Crippen LogP contribution in [-0.2, 0) is 0 Å². The van der Waals surface area contributed by atoms with Gasteiger partial charge in [0.05, 0.1) is 19.8 Å². The summed E-state index contributed by atoms with van der Waals surface area (Å²) in [6, 6.07) is 4.25. The molecule has 0 saturated carbocycles. The molecule has 0 amide bonds. The first-order valence-corrected chi connectivity index (χ1v) is 4.59. The van der Waals surface area contributed by atoms with E-state index in [2.05, 4.69) is 10.0 Å². The highest BCUT2D eigenvalue weighted by molar-refractivity contribution is 6.30. The van der Waals surface area contributed by atoms with Crippen molar-refractivity contribution >= 4 is 11.6 Å². The topological polar surface area (TPSA) is 78.2 Å². The first-order valence-electron chi connectivity index (χ1n) is 4.21. The number of methoxy groups -OCH3 is 1. The minimum Gasteiger partial charge on any atom is -0.496 e. The van der Waals surface area contributed by atoms with Crippen molar-refractivity contribution in [1.82, 2.24) is 0 Å². The molecule has 0 saturated heterocycles. The van der Waals surface area contributed by atoms with E-state index in [9.17, 15) is 0 Å². The first-order chi connectivity index (χ1) is 7.22. The van der Waals surface area contributed by atoms with E-state index >= 15 is 0 Å². The van der Waals surface area contributed by atoms with Gasteiger partial charge in [-0.3, -0.25) is 0 Å². The normalized spacial score (nSPS) is 11.7. The largest absolute Gasteiger partial charge is 0.496 e. The van der Waals surface area contributed by atoms with E-state index in [1.54, 1.807) is 18.2 Å². The van der Waals surface area contributed by atoms with Crippen molar-refractivity contribution in [3.05, 3.63) is 39.2 Å². The molecule has 6 heteroatoms. The number of hydrogen-bond acceptors (Lipinski definition) is 3. The molecule has 0 bridgehead atoms. The Morgan fingerprint density at radius 2 is 2.40 bits per heavy atom. The van der Waals surface area contributed by atoms with Crippen LogP contribution in [0.25, 0.3) is 10.4 Å². The van der Waals surface area contributed by atoms with Gasteiger partial charge in [0.2, 0.25) is 0 Å². The lowest BCUT2D eigenvalue weighted by atomic mass is 10.1. The number of rotatable bonds is 4. The van der Waals surface area contributed by atoms with Crippen molar-refractivity contribution < 1.29 is 9.84 Å². The molecule has 5 nitrogen and oxygen atoms in total. The summed E-state index contributed by atoms with van der Waals surface area (Å²) in [7, 11) is 1.50. The number of ether oxygens (including phenoxy) is 1. The van der Waals surface area contributed by atoms with Crippen LogP contribution in [0.4, 0.5) is 0 Å². The summed E-state index contributed by atoms with van der Waals surface area (Å²) in [6.45, 7) is -0.291. The standard InChI is InChI=1S/C9H10ClN3O2/c1-15-9-3-2-6(10)4-7(9)8(5-14)12-13-11/h2-4,8,14H,5H2,1H3/t8-/m0/s1. The summed E-state index contributed by atoms with van der Waals surface area (Å²) in [5.41, 5.74) is 8.91. The maximum absolute atomic E-state index is 9.06. The zero-order chi connectivity index (χ0) is 11.3. The summed E-state index contributed by atoms with van der Waals surface area (Å²) in [5, 5.41) is 13.0. The van der Waals surface area contributed by atoms with Crippen molar-refractivity contribution in [1.29, 1.82) is 0 Å². The number of nitrogens with zero attached hydrogens (tertiary/aromatic N) is 3. The lowest BCUT2D eigenvalue weighted by Gasteiger charge is -2.13. The third kappa shape index (κ3) is 2.76. The Kier molecular flexibility index (Phi) is 4.24. The van der Waals surface area contributed by atoms with Gasteiger partial charge in [-0.05, 0) is 23.7 Å². The highest BCUT2D eigenvalue weighted by Gasteiger charge is 2.14. The highest BCUT2D eigenvalue weighted by atomic mass is 35.5. The van der Waals surface area contributed by atoms with E-state index in [1.165, 1.54) is 7.11 Å². The molecule has 0 unspecified atom stereocenters. The fourth-order valence-electron chi connectivity index (χ4n) is 1.23. The molecule has 15 heavy (non-hydrogen) atoms. The number of aliphatic hydroxyl groups excluding tert-OH is 1. The zero-order valence-electron chi connectivity index (χ0n) is 8.09. The minimum atomic E-state index is -0.677. The van der Waals surface area contributed by atoms with Crippen molar-refractivity contribution in [2.24, 2.45) is 5.11 Å². The number of benzene rings is 1. The molecule has 0 radical (unpaired) electrons. The Morgan fingerprint density at radius 1 is 1.67 bits per heavy atom. The lowest BCUT2D eigenvalue weighted by molar-refractivity contribution is 0.264. The maximum Gasteiger partial charge on any atom is 0.122 e. The quantitative estimate of drug-likeness (QED) is 0.488. The molecular formula is C9H10ClN3O2. The van der Waals surface area contributed by atoms with E-state index in [-0.39, 0.29) is 6.61 Å². The van der Waals surface area contributed by atoms with Gasteiger partial charge in [0.15, 0.2) is 0 Å². The fraction of sp³-hybridized carbons (Fsp3) is 0.333. The van der Waals surface area contributed by atoms with Crippen LogP contribution in [0.15, 0.2) is 23.3 Å². The molecule has 0 aromatic heterocycles. The van der Waals surface area contributed by atoms with Gasteiger partial charge in [0, 0.05) is 15.5 Å². The maximum atomic E-state index is 9.06. The number of azide groups is 1. The summed E-state index contributed by atoms with van der Waals surface area (Å²) in [4.78, 5) is 2.65. The van der Waals surface area contributed by atoms with Crippen LogP contribution >= 0.6 is 11.6 Å². The number of hydrogen-bond donors (Lipinski definition) is 1. The molecule has 1 aromatic rings. The zero-order valence-corrected chi connectivity index (χ0v) is 8.85. The van der Waals surface area contributed by atoms with Crippen molar-refractivity contribution in [2.75, 3.05) is 13.7 Å². The summed E-state index contributed by atoms with van der Waals surface area (Å²) in [6.07, 6.45) is 0. The average Bonchev–Trinajstić information content (AvgIpc) is 2.26. The van der Waals surface area contributed by atoms with Crippen molar-refractivity contribution in [3.63, 3.8) is 0 Å². The van der Waals surface area contributed by atoms with Crippen LogP contribution in [0.1, 0.15) is 11.6 Å². The molecule has 1 N–H and O–H groups in total.